The van der Waals surface area contributed by atoms with E-state index in [4.69, 9.17) is 9.47 Å². The number of benzene rings is 1. The van der Waals surface area contributed by atoms with E-state index in [-0.39, 0.29) is 5.41 Å². The van der Waals surface area contributed by atoms with Crippen molar-refractivity contribution in [3.8, 4) is 5.75 Å². The smallest absolute Gasteiger partial charge is 0.193 e. The van der Waals surface area contributed by atoms with Crippen LogP contribution in [0.5, 0.6) is 5.75 Å². The summed E-state index contributed by atoms with van der Waals surface area (Å²) in [7, 11) is 3.83. The third-order valence-corrected chi connectivity index (χ3v) is 3.93. The molecule has 1 aromatic carbocycles. The van der Waals surface area contributed by atoms with Crippen molar-refractivity contribution < 1.29 is 9.47 Å². The molecule has 1 heterocycles. The molecule has 1 aliphatic heterocycles. The van der Waals surface area contributed by atoms with Gasteiger partial charge in [-0.3, -0.25) is 4.99 Å². The maximum absolute atomic E-state index is 5.84. The first-order chi connectivity index (χ1) is 10.5. The van der Waals surface area contributed by atoms with Crippen LogP contribution in [-0.2, 0) is 4.74 Å². The minimum Gasteiger partial charge on any atom is -0.491 e. The molecule has 22 heavy (non-hydrogen) atoms. The molecule has 1 fully saturated rings. The molecular weight excluding hydrogens is 278 g/mol. The van der Waals surface area contributed by atoms with Gasteiger partial charge in [0.15, 0.2) is 5.96 Å². The fourth-order valence-corrected chi connectivity index (χ4v) is 2.35. The van der Waals surface area contributed by atoms with Gasteiger partial charge in [-0.2, -0.15) is 0 Å². The minimum absolute atomic E-state index is 0.231. The van der Waals surface area contributed by atoms with E-state index in [1.807, 2.05) is 25.2 Å². The number of para-hydroxylation sites is 1. The molecule has 0 saturated carbocycles. The van der Waals surface area contributed by atoms with Crippen LogP contribution in [0.1, 0.15) is 12.5 Å². The van der Waals surface area contributed by atoms with Gasteiger partial charge in [0.05, 0.1) is 19.8 Å². The SMILES string of the molecule is CN=C(NCC1(C)COC1)N(C)CCOc1ccccc1C. The second-order valence-electron chi connectivity index (χ2n) is 6.24. The zero-order valence-electron chi connectivity index (χ0n) is 14.1. The van der Waals surface area contributed by atoms with E-state index in [2.05, 4.69) is 35.1 Å². The molecule has 5 nitrogen and oxygen atoms in total. The van der Waals surface area contributed by atoms with E-state index in [0.717, 1.165) is 43.6 Å². The Morgan fingerprint density at radius 2 is 2.14 bits per heavy atom. The zero-order valence-corrected chi connectivity index (χ0v) is 14.1. The van der Waals surface area contributed by atoms with Gasteiger partial charge in [-0.05, 0) is 18.6 Å². The molecule has 0 aromatic heterocycles. The summed E-state index contributed by atoms with van der Waals surface area (Å²) in [6.45, 7) is 8.19. The van der Waals surface area contributed by atoms with Gasteiger partial charge in [0.1, 0.15) is 12.4 Å². The van der Waals surface area contributed by atoms with Gasteiger partial charge in [0.25, 0.3) is 0 Å². The lowest BCUT2D eigenvalue weighted by molar-refractivity contribution is -0.0972. The molecule has 0 atom stereocenters. The number of guanidine groups is 1. The highest BCUT2D eigenvalue weighted by atomic mass is 16.5. The van der Waals surface area contributed by atoms with Crippen molar-refractivity contribution in [3.05, 3.63) is 29.8 Å². The number of ether oxygens (including phenoxy) is 2. The van der Waals surface area contributed by atoms with Gasteiger partial charge >= 0.3 is 0 Å². The molecule has 0 aliphatic carbocycles. The summed E-state index contributed by atoms with van der Waals surface area (Å²) < 4.78 is 11.1. The van der Waals surface area contributed by atoms with E-state index < -0.39 is 0 Å². The average molecular weight is 305 g/mol. The van der Waals surface area contributed by atoms with Crippen LogP contribution < -0.4 is 10.1 Å². The molecule has 5 heteroatoms. The predicted octanol–water partition coefficient (Wildman–Crippen LogP) is 1.92. The van der Waals surface area contributed by atoms with Gasteiger partial charge in [-0.1, -0.05) is 25.1 Å². The summed E-state index contributed by atoms with van der Waals surface area (Å²) in [6.07, 6.45) is 0. The lowest BCUT2D eigenvalue weighted by Gasteiger charge is -2.39. The molecule has 0 bridgehead atoms. The number of nitrogens with zero attached hydrogens (tertiary/aromatic N) is 2. The molecule has 2 rings (SSSR count). The Bertz CT molecular complexity index is 512. The highest BCUT2D eigenvalue weighted by Crippen LogP contribution is 2.25. The molecule has 0 radical (unpaired) electrons. The Morgan fingerprint density at radius 3 is 2.73 bits per heavy atom. The van der Waals surface area contributed by atoms with Gasteiger partial charge in [-0.25, -0.2) is 0 Å². The molecule has 0 amide bonds. The Balaban J connectivity index is 1.75. The lowest BCUT2D eigenvalue weighted by Crippen LogP contribution is -2.51. The van der Waals surface area contributed by atoms with E-state index in [1.165, 1.54) is 0 Å². The van der Waals surface area contributed by atoms with E-state index >= 15 is 0 Å². The summed E-state index contributed by atoms with van der Waals surface area (Å²) in [5.41, 5.74) is 1.39. The van der Waals surface area contributed by atoms with Crippen LogP contribution >= 0.6 is 0 Å². The third-order valence-electron chi connectivity index (χ3n) is 3.93. The molecule has 1 saturated heterocycles. The molecule has 0 spiro atoms. The number of likely N-dealkylation sites (N-methyl/N-ethyl adjacent to an activating group) is 1. The van der Waals surface area contributed by atoms with Crippen LogP contribution in [-0.4, -0.2) is 57.9 Å². The summed E-state index contributed by atoms with van der Waals surface area (Å²) in [4.78, 5) is 6.41. The first kappa shape index (κ1) is 16.6. The van der Waals surface area contributed by atoms with Crippen molar-refractivity contribution in [1.82, 2.24) is 10.2 Å². The molecule has 1 aromatic rings. The van der Waals surface area contributed by atoms with Gasteiger partial charge in [0.2, 0.25) is 0 Å². The Kier molecular flexibility index (Phi) is 5.66. The van der Waals surface area contributed by atoms with Crippen molar-refractivity contribution in [2.45, 2.75) is 13.8 Å². The second kappa shape index (κ2) is 7.49. The monoisotopic (exact) mass is 305 g/mol. The quantitative estimate of drug-likeness (QED) is 0.644. The number of aliphatic imine (C=N–C) groups is 1. The Morgan fingerprint density at radius 1 is 1.41 bits per heavy atom. The fraction of sp³-hybridized carbons (Fsp3) is 0.588. The number of rotatable bonds is 6. The predicted molar refractivity (Wildman–Crippen MR) is 89.6 cm³/mol. The lowest BCUT2D eigenvalue weighted by atomic mass is 9.89. The summed E-state index contributed by atoms with van der Waals surface area (Å²) in [5, 5.41) is 3.41. The fourth-order valence-electron chi connectivity index (χ4n) is 2.35. The van der Waals surface area contributed by atoms with Crippen LogP contribution in [0.25, 0.3) is 0 Å². The average Bonchev–Trinajstić information content (AvgIpc) is 2.48. The van der Waals surface area contributed by atoms with Crippen molar-refractivity contribution >= 4 is 5.96 Å². The first-order valence-corrected chi connectivity index (χ1v) is 7.72. The van der Waals surface area contributed by atoms with Gasteiger partial charge < -0.3 is 19.7 Å². The maximum Gasteiger partial charge on any atom is 0.193 e. The number of hydrogen-bond donors (Lipinski definition) is 1. The van der Waals surface area contributed by atoms with Crippen LogP contribution in [0.2, 0.25) is 0 Å². The van der Waals surface area contributed by atoms with Crippen molar-refractivity contribution in [2.75, 3.05) is 47.0 Å². The molecular formula is C17H27N3O2. The number of nitrogens with one attached hydrogen (secondary N) is 1. The molecule has 0 unspecified atom stereocenters. The van der Waals surface area contributed by atoms with Crippen LogP contribution in [0, 0.1) is 12.3 Å². The van der Waals surface area contributed by atoms with Crippen LogP contribution in [0.4, 0.5) is 0 Å². The Labute approximate surface area is 133 Å². The van der Waals surface area contributed by atoms with Gasteiger partial charge in [0, 0.05) is 26.1 Å². The van der Waals surface area contributed by atoms with E-state index in [0.29, 0.717) is 6.61 Å². The van der Waals surface area contributed by atoms with Crippen LogP contribution in [0.15, 0.2) is 29.3 Å². The molecule has 1 aliphatic rings. The standard InChI is InChI=1S/C17H27N3O2/c1-14-7-5-6-8-15(14)22-10-9-20(4)16(18-3)19-11-17(2)12-21-13-17/h5-8H,9-13H2,1-4H3,(H,18,19). The Hall–Kier alpha value is -1.75. The molecule has 1 N–H and O–H groups in total. The summed E-state index contributed by atoms with van der Waals surface area (Å²) >= 11 is 0. The number of aryl methyl sites for hydroxylation is 1. The third kappa shape index (κ3) is 4.37. The van der Waals surface area contributed by atoms with Crippen molar-refractivity contribution in [3.63, 3.8) is 0 Å². The minimum atomic E-state index is 0.231. The van der Waals surface area contributed by atoms with Crippen molar-refractivity contribution in [1.29, 1.82) is 0 Å². The van der Waals surface area contributed by atoms with Crippen LogP contribution in [0.3, 0.4) is 0 Å². The van der Waals surface area contributed by atoms with E-state index in [1.54, 1.807) is 7.05 Å². The highest BCUT2D eigenvalue weighted by Gasteiger charge is 2.33. The van der Waals surface area contributed by atoms with E-state index in [9.17, 15) is 0 Å². The highest BCUT2D eigenvalue weighted by molar-refractivity contribution is 5.79. The first-order valence-electron chi connectivity index (χ1n) is 7.72. The number of hydrogen-bond acceptors (Lipinski definition) is 3. The maximum atomic E-state index is 5.84. The summed E-state index contributed by atoms with van der Waals surface area (Å²) in [5.74, 6) is 1.83. The topological polar surface area (TPSA) is 46.1 Å². The normalized spacial score (nSPS) is 16.8. The second-order valence-corrected chi connectivity index (χ2v) is 6.24. The van der Waals surface area contributed by atoms with Crippen molar-refractivity contribution in [2.24, 2.45) is 10.4 Å². The summed E-state index contributed by atoms with van der Waals surface area (Å²) in [6, 6.07) is 8.07. The van der Waals surface area contributed by atoms with Gasteiger partial charge in [-0.15, -0.1) is 0 Å². The largest absolute Gasteiger partial charge is 0.491 e. The zero-order chi connectivity index (χ0) is 16.0. The molecule has 122 valence electrons.